The minimum Gasteiger partial charge on any atom is -0.413 e. The van der Waals surface area contributed by atoms with Crippen LogP contribution in [-0.4, -0.2) is 24.9 Å². The second kappa shape index (κ2) is 4.00. The van der Waals surface area contributed by atoms with Crippen LogP contribution in [0.2, 0.25) is 5.54 Å². The van der Waals surface area contributed by atoms with E-state index in [9.17, 15) is 0 Å². The maximum Gasteiger partial charge on any atom is 0.320 e. The summed E-state index contributed by atoms with van der Waals surface area (Å²) in [6, 6.07) is -0.0818. The highest BCUT2D eigenvalue weighted by atomic mass is 28.3. The van der Waals surface area contributed by atoms with Gasteiger partial charge in [0.2, 0.25) is 0 Å². The summed E-state index contributed by atoms with van der Waals surface area (Å²) in [5.41, 5.74) is 5.41. The maximum absolute atomic E-state index is 8.80. The van der Waals surface area contributed by atoms with Crippen LogP contribution in [-0.2, 0) is 0 Å². The first kappa shape index (κ1) is 9.10. The van der Waals surface area contributed by atoms with Crippen molar-refractivity contribution in [1.82, 2.24) is 0 Å². The minimum atomic E-state index is -2.47. The zero-order valence-electron chi connectivity index (χ0n) is 5.91. The molecule has 0 aromatic carbocycles. The molecule has 0 aliphatic carbocycles. The van der Waals surface area contributed by atoms with Gasteiger partial charge in [0.25, 0.3) is 0 Å². The van der Waals surface area contributed by atoms with Gasteiger partial charge in [-0.3, -0.25) is 0 Å². The van der Waals surface area contributed by atoms with Crippen LogP contribution in [0.15, 0.2) is 0 Å². The number of nitrogens with two attached hydrogens (primary N) is 1. The summed E-state index contributed by atoms with van der Waals surface area (Å²) in [7, 11) is -2.47. The summed E-state index contributed by atoms with van der Waals surface area (Å²) in [6.45, 7) is 3.72. The monoisotopic (exact) mass is 149 g/mol. The number of hydrogen-bond donors (Lipinski definition) is 3. The van der Waals surface area contributed by atoms with Gasteiger partial charge in [-0.05, 0) is 6.92 Å². The van der Waals surface area contributed by atoms with Crippen molar-refractivity contribution in [2.24, 2.45) is 5.73 Å². The zero-order valence-corrected chi connectivity index (χ0v) is 7.07. The first-order chi connectivity index (χ1) is 4.09. The van der Waals surface area contributed by atoms with Gasteiger partial charge >= 0.3 is 9.28 Å². The predicted molar refractivity (Wildman–Crippen MR) is 39.3 cm³/mol. The smallest absolute Gasteiger partial charge is 0.320 e. The van der Waals surface area contributed by atoms with Crippen LogP contribution in [0.3, 0.4) is 0 Å². The van der Waals surface area contributed by atoms with Crippen molar-refractivity contribution in [1.29, 1.82) is 0 Å². The summed E-state index contributed by atoms with van der Waals surface area (Å²) in [6.07, 6.45) is 0.765. The van der Waals surface area contributed by atoms with Crippen LogP contribution >= 0.6 is 0 Å². The average molecular weight is 149 g/mol. The lowest BCUT2D eigenvalue weighted by atomic mass is 10.2. The van der Waals surface area contributed by atoms with Crippen molar-refractivity contribution in [2.75, 3.05) is 0 Å². The fourth-order valence-electron chi connectivity index (χ4n) is 0.854. The molecule has 0 heterocycles. The molecule has 0 aliphatic heterocycles. The van der Waals surface area contributed by atoms with E-state index in [0.29, 0.717) is 0 Å². The lowest BCUT2D eigenvalue weighted by Gasteiger charge is -2.18. The third-order valence-electron chi connectivity index (χ3n) is 1.53. The Morgan fingerprint density at radius 1 is 1.56 bits per heavy atom. The van der Waals surface area contributed by atoms with E-state index in [4.69, 9.17) is 15.3 Å². The molecule has 0 radical (unpaired) electrons. The van der Waals surface area contributed by atoms with Gasteiger partial charge in [-0.15, -0.1) is 0 Å². The SMILES string of the molecule is CCC(C(C)N)[SiH](O)O. The molecule has 0 aliphatic rings. The van der Waals surface area contributed by atoms with Crippen molar-refractivity contribution in [3.05, 3.63) is 0 Å². The topological polar surface area (TPSA) is 66.5 Å². The molecule has 0 saturated carbocycles. The summed E-state index contributed by atoms with van der Waals surface area (Å²) < 4.78 is 0. The Morgan fingerprint density at radius 2 is 2.00 bits per heavy atom. The standard InChI is InChI=1S/C5H15NO2Si/c1-3-5(4(2)6)9(7)8/h4-5,7-9H,3,6H2,1-2H3. The molecular weight excluding hydrogens is 134 g/mol. The summed E-state index contributed by atoms with van der Waals surface area (Å²) in [5, 5.41) is 0. The molecule has 2 unspecified atom stereocenters. The van der Waals surface area contributed by atoms with Crippen LogP contribution in [0.4, 0.5) is 0 Å². The van der Waals surface area contributed by atoms with Crippen molar-refractivity contribution >= 4 is 9.28 Å². The van der Waals surface area contributed by atoms with Gasteiger partial charge in [-0.1, -0.05) is 13.3 Å². The van der Waals surface area contributed by atoms with E-state index in [1.165, 1.54) is 0 Å². The molecule has 4 N–H and O–H groups in total. The normalized spacial score (nSPS) is 18.0. The summed E-state index contributed by atoms with van der Waals surface area (Å²) in [4.78, 5) is 17.6. The van der Waals surface area contributed by atoms with Gasteiger partial charge < -0.3 is 15.3 Å². The van der Waals surface area contributed by atoms with E-state index in [0.717, 1.165) is 6.42 Å². The molecule has 0 fully saturated rings. The van der Waals surface area contributed by atoms with Crippen molar-refractivity contribution in [3.8, 4) is 0 Å². The van der Waals surface area contributed by atoms with E-state index in [-0.39, 0.29) is 11.6 Å². The highest BCUT2D eigenvalue weighted by Crippen LogP contribution is 2.14. The van der Waals surface area contributed by atoms with Crippen LogP contribution in [0.5, 0.6) is 0 Å². The molecule has 3 nitrogen and oxygen atoms in total. The molecule has 4 heteroatoms. The molecule has 0 aromatic heterocycles. The van der Waals surface area contributed by atoms with Gasteiger partial charge in [0.15, 0.2) is 0 Å². The van der Waals surface area contributed by atoms with Crippen LogP contribution in [0.1, 0.15) is 20.3 Å². The molecule has 2 atom stereocenters. The molecular formula is C5H15NO2Si. The van der Waals surface area contributed by atoms with Crippen LogP contribution < -0.4 is 5.73 Å². The third kappa shape index (κ3) is 2.95. The van der Waals surface area contributed by atoms with Crippen LogP contribution in [0, 0.1) is 0 Å². The maximum atomic E-state index is 8.80. The Kier molecular flexibility index (Phi) is 4.04. The molecule has 0 saturated heterocycles. The lowest BCUT2D eigenvalue weighted by Crippen LogP contribution is -2.33. The highest BCUT2D eigenvalue weighted by Gasteiger charge is 2.20. The first-order valence-corrected chi connectivity index (χ1v) is 4.91. The first-order valence-electron chi connectivity index (χ1n) is 3.21. The molecule has 0 rings (SSSR count). The molecule has 56 valence electrons. The van der Waals surface area contributed by atoms with Crippen molar-refractivity contribution in [3.63, 3.8) is 0 Å². The van der Waals surface area contributed by atoms with Gasteiger partial charge in [-0.2, -0.15) is 0 Å². The lowest BCUT2D eigenvalue weighted by molar-refractivity contribution is 0.369. The van der Waals surface area contributed by atoms with Gasteiger partial charge in [-0.25, -0.2) is 0 Å². The Balaban J connectivity index is 3.68. The molecule has 0 spiro atoms. The Bertz CT molecular complexity index is 69.4. The van der Waals surface area contributed by atoms with E-state index >= 15 is 0 Å². The van der Waals surface area contributed by atoms with Crippen molar-refractivity contribution in [2.45, 2.75) is 31.9 Å². The molecule has 0 bridgehead atoms. The molecule has 0 amide bonds. The minimum absolute atomic E-state index is 0.0509. The number of hydrogen-bond acceptors (Lipinski definition) is 3. The Labute approximate surface area is 57.4 Å². The second-order valence-corrected chi connectivity index (χ2v) is 4.03. The fourth-order valence-corrected chi connectivity index (χ4v) is 1.82. The van der Waals surface area contributed by atoms with Gasteiger partial charge in [0.1, 0.15) is 0 Å². The zero-order chi connectivity index (χ0) is 7.44. The van der Waals surface area contributed by atoms with E-state index in [2.05, 4.69) is 0 Å². The second-order valence-electron chi connectivity index (χ2n) is 2.34. The fraction of sp³-hybridized carbons (Fsp3) is 1.00. The van der Waals surface area contributed by atoms with E-state index < -0.39 is 9.28 Å². The van der Waals surface area contributed by atoms with E-state index in [1.54, 1.807) is 6.92 Å². The van der Waals surface area contributed by atoms with Crippen LogP contribution in [0.25, 0.3) is 0 Å². The Morgan fingerprint density at radius 3 is 2.00 bits per heavy atom. The average Bonchev–Trinajstić information content (AvgIpc) is 1.64. The quantitative estimate of drug-likeness (QED) is 0.466. The molecule has 0 aromatic rings. The van der Waals surface area contributed by atoms with Crippen molar-refractivity contribution < 1.29 is 9.59 Å². The Hall–Kier alpha value is 0.0969. The van der Waals surface area contributed by atoms with Gasteiger partial charge in [0, 0.05) is 11.6 Å². The third-order valence-corrected chi connectivity index (χ3v) is 3.37. The summed E-state index contributed by atoms with van der Waals surface area (Å²) >= 11 is 0. The van der Waals surface area contributed by atoms with Gasteiger partial charge in [0.05, 0.1) is 0 Å². The predicted octanol–water partition coefficient (Wildman–Crippen LogP) is -0.681. The highest BCUT2D eigenvalue weighted by molar-refractivity contribution is 6.43. The molecule has 9 heavy (non-hydrogen) atoms. The van der Waals surface area contributed by atoms with E-state index in [1.807, 2.05) is 6.92 Å². The summed E-state index contributed by atoms with van der Waals surface area (Å²) in [5.74, 6) is 0. The number of rotatable bonds is 3. The largest absolute Gasteiger partial charge is 0.413 e.